The molecule has 1 atom stereocenters. The SMILES string of the molecule is Cc1c(C)c2c(c(C)c1O)CCC(C)(CCCC(=O)N(Cl)c1cccc(N=C(N)N)c1)O2. The smallest absolute Gasteiger partial charge is 0.241 e. The second-order valence-corrected chi connectivity index (χ2v) is 9.01. The molecule has 2 aromatic carbocycles. The van der Waals surface area contributed by atoms with Crippen molar-refractivity contribution in [3.63, 3.8) is 0 Å². The summed E-state index contributed by atoms with van der Waals surface area (Å²) < 4.78 is 7.54. The number of nitrogens with two attached hydrogens (primary N) is 2. The van der Waals surface area contributed by atoms with Gasteiger partial charge in [0.1, 0.15) is 17.1 Å². The Labute approximate surface area is 194 Å². The van der Waals surface area contributed by atoms with Crippen LogP contribution in [0, 0.1) is 20.8 Å². The van der Waals surface area contributed by atoms with E-state index in [0.29, 0.717) is 23.5 Å². The van der Waals surface area contributed by atoms with Crippen LogP contribution >= 0.6 is 11.8 Å². The molecule has 0 aliphatic carbocycles. The number of hydrogen-bond acceptors (Lipinski definition) is 4. The lowest BCUT2D eigenvalue weighted by molar-refractivity contribution is -0.117. The second-order valence-electron chi connectivity index (χ2n) is 8.67. The highest BCUT2D eigenvalue weighted by atomic mass is 35.5. The van der Waals surface area contributed by atoms with Gasteiger partial charge in [0.15, 0.2) is 5.96 Å². The van der Waals surface area contributed by atoms with E-state index in [1.807, 2.05) is 20.8 Å². The number of phenolic OH excluding ortho intramolecular Hbond substituents is 1. The summed E-state index contributed by atoms with van der Waals surface area (Å²) in [5, 5.41) is 10.4. The van der Waals surface area contributed by atoms with E-state index in [2.05, 4.69) is 11.9 Å². The number of halogens is 1. The van der Waals surface area contributed by atoms with Crippen molar-refractivity contribution >= 4 is 35.0 Å². The number of benzene rings is 2. The summed E-state index contributed by atoms with van der Waals surface area (Å²) in [6, 6.07) is 6.83. The predicted octanol–water partition coefficient (Wildman–Crippen LogP) is 4.66. The fourth-order valence-corrected chi connectivity index (χ4v) is 4.35. The van der Waals surface area contributed by atoms with E-state index in [1.54, 1.807) is 24.3 Å². The number of hydrogen-bond donors (Lipinski definition) is 3. The molecular formula is C24H31ClN4O3. The Bertz CT molecular complexity index is 1070. The first-order valence-corrected chi connectivity index (χ1v) is 11.1. The molecule has 1 heterocycles. The number of carbonyl (C=O) groups excluding carboxylic acids is 1. The van der Waals surface area contributed by atoms with E-state index in [0.717, 1.165) is 51.7 Å². The molecule has 2 aromatic rings. The summed E-state index contributed by atoms with van der Waals surface area (Å²) in [6.07, 6.45) is 3.29. The van der Waals surface area contributed by atoms with Crippen molar-refractivity contribution in [3.8, 4) is 11.5 Å². The van der Waals surface area contributed by atoms with Crippen LogP contribution in [0.2, 0.25) is 0 Å². The molecule has 1 amide bonds. The minimum atomic E-state index is -0.377. The Morgan fingerprint density at radius 2 is 1.97 bits per heavy atom. The van der Waals surface area contributed by atoms with Gasteiger partial charge < -0.3 is 21.3 Å². The van der Waals surface area contributed by atoms with Gasteiger partial charge in [-0.2, -0.15) is 0 Å². The third kappa shape index (κ3) is 4.93. The Kier molecular flexibility index (Phi) is 6.88. The zero-order chi connectivity index (χ0) is 23.6. The predicted molar refractivity (Wildman–Crippen MR) is 129 cm³/mol. The summed E-state index contributed by atoms with van der Waals surface area (Å²) >= 11 is 6.28. The average molecular weight is 459 g/mol. The van der Waals surface area contributed by atoms with E-state index in [1.165, 1.54) is 0 Å². The average Bonchev–Trinajstić information content (AvgIpc) is 2.75. The van der Waals surface area contributed by atoms with Gasteiger partial charge in [0, 0.05) is 23.8 Å². The van der Waals surface area contributed by atoms with Crippen molar-refractivity contribution in [1.82, 2.24) is 0 Å². The number of nitrogens with zero attached hydrogens (tertiary/aromatic N) is 2. The molecule has 172 valence electrons. The van der Waals surface area contributed by atoms with Gasteiger partial charge in [-0.05, 0) is 88.3 Å². The Morgan fingerprint density at radius 1 is 1.25 bits per heavy atom. The molecule has 0 saturated carbocycles. The lowest BCUT2D eigenvalue weighted by Crippen LogP contribution is -2.37. The first-order valence-electron chi connectivity index (χ1n) is 10.7. The van der Waals surface area contributed by atoms with E-state index in [4.69, 9.17) is 28.0 Å². The van der Waals surface area contributed by atoms with Gasteiger partial charge in [-0.25, -0.2) is 9.41 Å². The normalized spacial score (nSPS) is 17.3. The summed E-state index contributed by atoms with van der Waals surface area (Å²) in [6.45, 7) is 7.89. The van der Waals surface area contributed by atoms with Gasteiger partial charge >= 0.3 is 0 Å². The van der Waals surface area contributed by atoms with E-state index in [9.17, 15) is 9.90 Å². The van der Waals surface area contributed by atoms with Crippen molar-refractivity contribution in [3.05, 3.63) is 46.5 Å². The maximum absolute atomic E-state index is 12.6. The molecule has 3 rings (SSSR count). The second kappa shape index (κ2) is 9.28. The van der Waals surface area contributed by atoms with Crippen molar-refractivity contribution in [1.29, 1.82) is 0 Å². The van der Waals surface area contributed by atoms with Crippen molar-refractivity contribution in [2.45, 2.75) is 65.4 Å². The third-order valence-corrected chi connectivity index (χ3v) is 6.61. The van der Waals surface area contributed by atoms with Crippen LogP contribution in [0.1, 0.15) is 54.9 Å². The first-order chi connectivity index (χ1) is 15.0. The molecule has 0 fully saturated rings. The largest absolute Gasteiger partial charge is 0.507 e. The zero-order valence-corrected chi connectivity index (χ0v) is 19.8. The molecule has 0 spiro atoms. The summed E-state index contributed by atoms with van der Waals surface area (Å²) in [5.41, 5.74) is 15.3. The Morgan fingerprint density at radius 3 is 2.66 bits per heavy atom. The molecule has 1 unspecified atom stereocenters. The number of phenols is 1. The topological polar surface area (TPSA) is 114 Å². The van der Waals surface area contributed by atoms with Crippen LogP contribution in [0.25, 0.3) is 0 Å². The first kappa shape index (κ1) is 23.7. The van der Waals surface area contributed by atoms with Crippen molar-refractivity contribution in [2.75, 3.05) is 4.42 Å². The molecule has 0 saturated heterocycles. The van der Waals surface area contributed by atoms with Gasteiger partial charge in [-0.3, -0.25) is 4.79 Å². The molecule has 8 heteroatoms. The van der Waals surface area contributed by atoms with Gasteiger partial charge in [0.05, 0.1) is 11.4 Å². The van der Waals surface area contributed by atoms with Crippen molar-refractivity contribution < 1.29 is 14.6 Å². The quantitative estimate of drug-likeness (QED) is 0.331. The van der Waals surface area contributed by atoms with Crippen LogP contribution in [0.5, 0.6) is 11.5 Å². The highest BCUT2D eigenvalue weighted by molar-refractivity contribution is 6.36. The fourth-order valence-electron chi connectivity index (χ4n) is 4.16. The summed E-state index contributed by atoms with van der Waals surface area (Å²) in [7, 11) is 0. The number of fused-ring (bicyclic) bond motifs is 1. The molecule has 1 aliphatic heterocycles. The molecule has 7 nitrogen and oxygen atoms in total. The minimum Gasteiger partial charge on any atom is -0.507 e. The third-order valence-electron chi connectivity index (χ3n) is 6.22. The number of carbonyl (C=O) groups is 1. The summed E-state index contributed by atoms with van der Waals surface area (Å²) in [4.78, 5) is 16.6. The van der Waals surface area contributed by atoms with E-state index >= 15 is 0 Å². The van der Waals surface area contributed by atoms with E-state index < -0.39 is 0 Å². The lowest BCUT2D eigenvalue weighted by atomic mass is 9.84. The van der Waals surface area contributed by atoms with Crippen LogP contribution in [0.3, 0.4) is 0 Å². The van der Waals surface area contributed by atoms with Crippen LogP contribution in [0.15, 0.2) is 29.3 Å². The van der Waals surface area contributed by atoms with Gasteiger partial charge in [-0.15, -0.1) is 0 Å². The monoisotopic (exact) mass is 458 g/mol. The number of rotatable bonds is 6. The van der Waals surface area contributed by atoms with Crippen LogP contribution in [-0.4, -0.2) is 22.6 Å². The molecule has 32 heavy (non-hydrogen) atoms. The molecular weight excluding hydrogens is 428 g/mol. The van der Waals surface area contributed by atoms with E-state index in [-0.39, 0.29) is 23.9 Å². The Hall–Kier alpha value is -2.93. The van der Waals surface area contributed by atoms with Crippen LogP contribution in [-0.2, 0) is 11.2 Å². The highest BCUT2D eigenvalue weighted by Gasteiger charge is 2.34. The highest BCUT2D eigenvalue weighted by Crippen LogP contribution is 2.44. The number of anilines is 1. The number of amides is 1. The van der Waals surface area contributed by atoms with Gasteiger partial charge in [0.25, 0.3) is 0 Å². The number of ether oxygens (including phenoxy) is 1. The number of guanidine groups is 1. The lowest BCUT2D eigenvalue weighted by Gasteiger charge is -2.38. The number of aromatic hydroxyl groups is 1. The fraction of sp³-hybridized carbons (Fsp3) is 0.417. The van der Waals surface area contributed by atoms with Crippen LogP contribution in [0.4, 0.5) is 11.4 Å². The molecule has 5 N–H and O–H groups in total. The Balaban J connectivity index is 1.63. The molecule has 1 aliphatic rings. The number of aliphatic imine (C=N–C) groups is 1. The van der Waals surface area contributed by atoms with Gasteiger partial charge in [-0.1, -0.05) is 6.07 Å². The maximum atomic E-state index is 12.6. The molecule has 0 radical (unpaired) electrons. The standard InChI is InChI=1S/C24H31ClN4O3/c1-14-15(2)22-19(16(3)21(14)31)10-12-24(4,32-22)11-6-9-20(30)29(25)18-8-5-7-17(13-18)28-23(26)27/h5,7-8,13,31H,6,9-12H2,1-4H3,(H4,26,27,28). The summed E-state index contributed by atoms with van der Waals surface area (Å²) in [5.74, 6) is 0.951. The molecule has 0 bridgehead atoms. The maximum Gasteiger partial charge on any atom is 0.241 e. The van der Waals surface area contributed by atoms with Crippen molar-refractivity contribution in [2.24, 2.45) is 16.5 Å². The molecule has 0 aromatic heterocycles. The van der Waals surface area contributed by atoms with Gasteiger partial charge in [0.2, 0.25) is 5.91 Å². The van der Waals surface area contributed by atoms with Crippen LogP contribution < -0.4 is 20.6 Å². The zero-order valence-electron chi connectivity index (χ0n) is 19.0. The minimum absolute atomic E-state index is 0.0623.